The average molecular weight is 255 g/mol. The molecular formula is C15H17N3O. The van der Waals surface area contributed by atoms with Crippen molar-refractivity contribution >= 4 is 11.9 Å². The van der Waals surface area contributed by atoms with Gasteiger partial charge in [0, 0.05) is 6.04 Å². The number of aliphatic imine (C=N–C) groups is 1. The van der Waals surface area contributed by atoms with Crippen LogP contribution in [0.1, 0.15) is 48.8 Å². The van der Waals surface area contributed by atoms with E-state index >= 15 is 0 Å². The van der Waals surface area contributed by atoms with Crippen molar-refractivity contribution in [3.8, 4) is 0 Å². The van der Waals surface area contributed by atoms with E-state index in [2.05, 4.69) is 23.2 Å². The molecule has 4 heteroatoms. The number of amidine groups is 1. The number of hydrogen-bond donors (Lipinski definition) is 1. The first-order valence-corrected chi connectivity index (χ1v) is 7.01. The summed E-state index contributed by atoms with van der Waals surface area (Å²) in [5.74, 6) is 1.12. The summed E-state index contributed by atoms with van der Waals surface area (Å²) in [5, 5.41) is 0. The molecule has 1 heterocycles. The van der Waals surface area contributed by atoms with Crippen LogP contribution in [-0.4, -0.2) is 22.8 Å². The van der Waals surface area contributed by atoms with Crippen molar-refractivity contribution in [3.05, 3.63) is 35.4 Å². The third-order valence-electron chi connectivity index (χ3n) is 4.25. The Balaban J connectivity index is 1.77. The molecule has 0 spiro atoms. The molecule has 0 bridgehead atoms. The molecule has 1 aromatic rings. The van der Waals surface area contributed by atoms with E-state index in [0.29, 0.717) is 17.8 Å². The van der Waals surface area contributed by atoms with Gasteiger partial charge in [0.25, 0.3) is 0 Å². The second-order valence-electron chi connectivity index (χ2n) is 5.76. The van der Waals surface area contributed by atoms with Crippen LogP contribution in [0.2, 0.25) is 0 Å². The van der Waals surface area contributed by atoms with E-state index in [4.69, 9.17) is 5.73 Å². The molecule has 0 saturated heterocycles. The van der Waals surface area contributed by atoms with E-state index in [0.717, 1.165) is 12.8 Å². The van der Waals surface area contributed by atoms with Gasteiger partial charge in [0.05, 0.1) is 0 Å². The monoisotopic (exact) mass is 255 g/mol. The quantitative estimate of drug-likeness (QED) is 0.902. The fourth-order valence-electron chi connectivity index (χ4n) is 3.04. The Morgan fingerprint density at radius 3 is 2.42 bits per heavy atom. The smallest absolute Gasteiger partial charge is 0.346 e. The average Bonchev–Trinajstić information content (AvgIpc) is 3.27. The van der Waals surface area contributed by atoms with E-state index in [-0.39, 0.29) is 12.1 Å². The second-order valence-corrected chi connectivity index (χ2v) is 5.76. The molecule has 2 aliphatic carbocycles. The molecule has 4 nitrogen and oxygen atoms in total. The normalized spacial score (nSPS) is 26.7. The highest BCUT2D eigenvalue weighted by Crippen LogP contribution is 2.46. The van der Waals surface area contributed by atoms with Crippen molar-refractivity contribution in [1.82, 2.24) is 4.90 Å². The van der Waals surface area contributed by atoms with Crippen LogP contribution in [0.3, 0.4) is 0 Å². The van der Waals surface area contributed by atoms with Crippen molar-refractivity contribution in [2.45, 2.75) is 43.7 Å². The fourth-order valence-corrected chi connectivity index (χ4v) is 3.04. The Bertz CT molecular complexity index is 573. The van der Waals surface area contributed by atoms with Crippen LogP contribution in [0, 0.1) is 0 Å². The minimum Gasteiger partial charge on any atom is -0.385 e. The number of nitrogens with zero attached hydrogens (tertiary/aromatic N) is 2. The lowest BCUT2D eigenvalue weighted by atomic mass is 9.96. The van der Waals surface area contributed by atoms with Gasteiger partial charge < -0.3 is 10.6 Å². The summed E-state index contributed by atoms with van der Waals surface area (Å²) in [4.78, 5) is 17.9. The van der Waals surface area contributed by atoms with Crippen molar-refractivity contribution in [2.75, 3.05) is 0 Å². The van der Waals surface area contributed by atoms with Gasteiger partial charge in [-0.1, -0.05) is 24.3 Å². The molecule has 2 N–H and O–H groups in total. The molecular weight excluding hydrogens is 238 g/mol. The second kappa shape index (κ2) is 3.83. The van der Waals surface area contributed by atoms with Crippen LogP contribution in [0.15, 0.2) is 29.3 Å². The highest BCUT2D eigenvalue weighted by molar-refractivity contribution is 6.03. The lowest BCUT2D eigenvalue weighted by Gasteiger charge is -2.26. The standard InChI is InChI=1S/C15H17N3O/c16-14-13(18(10-7-8-10)15(19)17-14)12-4-2-1-3-11(12)9-5-6-9/h1-4,9-10,13H,5-8H2,(H2,16,17,19). The molecule has 0 aromatic heterocycles. The minimum atomic E-state index is -0.157. The van der Waals surface area contributed by atoms with Crippen LogP contribution >= 0.6 is 0 Å². The van der Waals surface area contributed by atoms with E-state index < -0.39 is 0 Å². The van der Waals surface area contributed by atoms with E-state index in [1.165, 1.54) is 24.0 Å². The topological polar surface area (TPSA) is 58.7 Å². The Hall–Kier alpha value is -1.84. The summed E-state index contributed by atoms with van der Waals surface area (Å²) in [7, 11) is 0. The maximum Gasteiger partial charge on any atom is 0.346 e. The summed E-state index contributed by atoms with van der Waals surface area (Å²) >= 11 is 0. The molecule has 1 unspecified atom stereocenters. The summed E-state index contributed by atoms with van der Waals surface area (Å²) in [6.45, 7) is 0. The zero-order valence-corrected chi connectivity index (χ0v) is 10.7. The summed E-state index contributed by atoms with van der Waals surface area (Å²) in [5.41, 5.74) is 8.57. The Morgan fingerprint density at radius 1 is 1.11 bits per heavy atom. The first-order chi connectivity index (χ1) is 9.25. The summed E-state index contributed by atoms with van der Waals surface area (Å²) in [6.07, 6.45) is 4.66. The minimum absolute atomic E-state index is 0.128. The number of carbonyl (C=O) groups excluding carboxylic acids is 1. The third kappa shape index (κ3) is 1.74. The van der Waals surface area contributed by atoms with Gasteiger partial charge in [-0.15, -0.1) is 0 Å². The molecule has 2 fully saturated rings. The molecule has 1 aliphatic heterocycles. The third-order valence-corrected chi connectivity index (χ3v) is 4.25. The number of rotatable bonds is 3. The van der Waals surface area contributed by atoms with Gasteiger partial charge in [-0.3, -0.25) is 0 Å². The maximum atomic E-state index is 12.0. The highest BCUT2D eigenvalue weighted by Gasteiger charge is 2.45. The van der Waals surface area contributed by atoms with Crippen molar-refractivity contribution < 1.29 is 4.79 Å². The molecule has 3 aliphatic rings. The Kier molecular flexibility index (Phi) is 2.22. The van der Waals surface area contributed by atoms with Crippen LogP contribution in [0.4, 0.5) is 4.79 Å². The number of amides is 2. The molecule has 0 radical (unpaired) electrons. The van der Waals surface area contributed by atoms with Gasteiger partial charge in [0.1, 0.15) is 11.9 Å². The lowest BCUT2D eigenvalue weighted by Crippen LogP contribution is -2.35. The number of hydrogen-bond acceptors (Lipinski definition) is 2. The zero-order chi connectivity index (χ0) is 13.0. The van der Waals surface area contributed by atoms with Crippen LogP contribution in [0.25, 0.3) is 0 Å². The maximum absolute atomic E-state index is 12.0. The van der Waals surface area contributed by atoms with Gasteiger partial charge in [-0.2, -0.15) is 4.99 Å². The number of carbonyl (C=O) groups is 1. The van der Waals surface area contributed by atoms with Crippen molar-refractivity contribution in [2.24, 2.45) is 10.7 Å². The fraction of sp³-hybridized carbons (Fsp3) is 0.467. The van der Waals surface area contributed by atoms with Gasteiger partial charge in [-0.25, -0.2) is 4.79 Å². The Labute approximate surface area is 112 Å². The molecule has 1 aromatic carbocycles. The molecule has 1 atom stereocenters. The first-order valence-electron chi connectivity index (χ1n) is 7.01. The predicted octanol–water partition coefficient (Wildman–Crippen LogP) is 2.56. The largest absolute Gasteiger partial charge is 0.385 e. The van der Waals surface area contributed by atoms with Crippen LogP contribution in [-0.2, 0) is 0 Å². The highest BCUT2D eigenvalue weighted by atomic mass is 16.2. The molecule has 2 amide bonds. The molecule has 19 heavy (non-hydrogen) atoms. The van der Waals surface area contributed by atoms with Gasteiger partial charge in [-0.05, 0) is 42.7 Å². The molecule has 98 valence electrons. The SMILES string of the molecule is NC1=NC(=O)N(C2CC2)C1c1ccccc1C1CC1. The predicted molar refractivity (Wildman–Crippen MR) is 73.0 cm³/mol. The number of benzene rings is 1. The number of urea groups is 1. The Morgan fingerprint density at radius 2 is 1.79 bits per heavy atom. The molecule has 4 rings (SSSR count). The zero-order valence-electron chi connectivity index (χ0n) is 10.7. The molecule has 2 saturated carbocycles. The van der Waals surface area contributed by atoms with Gasteiger partial charge in [0.2, 0.25) is 0 Å². The van der Waals surface area contributed by atoms with Crippen molar-refractivity contribution in [1.29, 1.82) is 0 Å². The summed E-state index contributed by atoms with van der Waals surface area (Å²) in [6, 6.07) is 8.44. The van der Waals surface area contributed by atoms with Gasteiger partial charge >= 0.3 is 6.03 Å². The van der Waals surface area contributed by atoms with E-state index in [9.17, 15) is 4.79 Å². The van der Waals surface area contributed by atoms with Gasteiger partial charge in [0.15, 0.2) is 0 Å². The van der Waals surface area contributed by atoms with E-state index in [1.54, 1.807) is 0 Å². The summed E-state index contributed by atoms with van der Waals surface area (Å²) < 4.78 is 0. The first kappa shape index (κ1) is 11.0. The van der Waals surface area contributed by atoms with Crippen molar-refractivity contribution in [3.63, 3.8) is 0 Å². The number of nitrogens with two attached hydrogens (primary N) is 1. The van der Waals surface area contributed by atoms with Crippen LogP contribution < -0.4 is 5.73 Å². The van der Waals surface area contributed by atoms with E-state index in [1.807, 2.05) is 11.0 Å². The van der Waals surface area contributed by atoms with Crippen LogP contribution in [0.5, 0.6) is 0 Å². The lowest BCUT2D eigenvalue weighted by molar-refractivity contribution is 0.203.